The lowest BCUT2D eigenvalue weighted by Crippen LogP contribution is -1.96. The molecule has 0 saturated carbocycles. The van der Waals surface area contributed by atoms with Crippen LogP contribution in [0.5, 0.6) is 0 Å². The normalized spacial score (nSPS) is 12.1. The maximum Gasteiger partial charge on any atom is 0.133 e. The maximum absolute atomic E-state index is 11.8. The van der Waals surface area contributed by atoms with E-state index in [2.05, 4.69) is 13.0 Å². The third kappa shape index (κ3) is 18.9. The van der Waals surface area contributed by atoms with Gasteiger partial charge in [-0.2, -0.15) is 0 Å². The molecule has 0 aromatic rings. The Balaban J connectivity index is 3.28. The number of allylic oxidation sites excluding steroid dienone is 6. The summed E-state index contributed by atoms with van der Waals surface area (Å²) in [5.41, 5.74) is 0. The molecule has 0 rings (SSSR count). The van der Waals surface area contributed by atoms with E-state index in [-0.39, 0.29) is 0 Å². The lowest BCUT2D eigenvalue weighted by atomic mass is 10.0. The number of hydrogen-bond acceptors (Lipinski definition) is 1. The van der Waals surface area contributed by atoms with Gasteiger partial charge in [-0.15, -0.1) is 0 Å². The Morgan fingerprint density at radius 1 is 0.667 bits per heavy atom. The molecule has 0 fully saturated rings. The summed E-state index contributed by atoms with van der Waals surface area (Å²) in [4.78, 5) is 11.8. The minimum atomic E-state index is 0.424. The van der Waals surface area contributed by atoms with E-state index < -0.39 is 0 Å². The third-order valence-corrected chi connectivity index (χ3v) is 4.31. The van der Waals surface area contributed by atoms with Crippen LogP contribution in [0.4, 0.5) is 0 Å². The Labute approximate surface area is 151 Å². The zero-order valence-electron chi connectivity index (χ0n) is 16.3. The van der Waals surface area contributed by atoms with Gasteiger partial charge in [-0.05, 0) is 19.8 Å². The first-order chi connectivity index (χ1) is 11.8. The quantitative estimate of drug-likeness (QED) is 0.197. The molecule has 0 aliphatic rings. The van der Waals surface area contributed by atoms with Crippen LogP contribution in [0, 0.1) is 0 Å². The summed E-state index contributed by atoms with van der Waals surface area (Å²) >= 11 is 0. The molecular weight excluding hydrogens is 292 g/mol. The molecule has 1 nitrogen and oxygen atoms in total. The highest BCUT2D eigenvalue weighted by molar-refractivity contribution is 5.78. The van der Waals surface area contributed by atoms with E-state index in [0.717, 1.165) is 19.3 Å². The maximum atomic E-state index is 11.8. The van der Waals surface area contributed by atoms with Crippen LogP contribution in [0.1, 0.15) is 104 Å². The van der Waals surface area contributed by atoms with Gasteiger partial charge in [0.1, 0.15) is 5.78 Å². The summed E-state index contributed by atoms with van der Waals surface area (Å²) in [5.74, 6) is 0.424. The molecule has 0 aromatic carbocycles. The minimum Gasteiger partial charge on any atom is -0.300 e. The Morgan fingerprint density at radius 2 is 1.21 bits per heavy atom. The van der Waals surface area contributed by atoms with Crippen molar-refractivity contribution in [3.05, 3.63) is 36.5 Å². The molecule has 24 heavy (non-hydrogen) atoms. The van der Waals surface area contributed by atoms with Crippen molar-refractivity contribution in [3.63, 3.8) is 0 Å². The molecule has 0 aromatic heterocycles. The molecule has 0 bridgehead atoms. The van der Waals surface area contributed by atoms with Crippen molar-refractivity contribution in [3.8, 4) is 0 Å². The molecule has 0 radical (unpaired) electrons. The molecule has 0 amide bonds. The summed E-state index contributed by atoms with van der Waals surface area (Å²) in [5, 5.41) is 0. The molecule has 0 N–H and O–H groups in total. The van der Waals surface area contributed by atoms with Gasteiger partial charge in [0.25, 0.3) is 0 Å². The largest absolute Gasteiger partial charge is 0.300 e. The molecule has 0 aliphatic heterocycles. The van der Waals surface area contributed by atoms with Crippen molar-refractivity contribution in [1.82, 2.24) is 0 Å². The van der Waals surface area contributed by atoms with Crippen LogP contribution in [-0.4, -0.2) is 5.78 Å². The number of unbranched alkanes of at least 4 members (excludes halogenated alkanes) is 10. The number of ketones is 1. The van der Waals surface area contributed by atoms with Gasteiger partial charge in [0.05, 0.1) is 0 Å². The van der Waals surface area contributed by atoms with Crippen molar-refractivity contribution in [1.29, 1.82) is 0 Å². The van der Waals surface area contributed by atoms with Gasteiger partial charge >= 0.3 is 0 Å². The van der Waals surface area contributed by atoms with Crippen molar-refractivity contribution in [2.75, 3.05) is 0 Å². The monoisotopic (exact) mass is 332 g/mol. The summed E-state index contributed by atoms with van der Waals surface area (Å²) in [6.45, 7) is 4.27. The highest BCUT2D eigenvalue weighted by Crippen LogP contribution is 2.12. The molecule has 0 aliphatic carbocycles. The third-order valence-electron chi connectivity index (χ3n) is 4.31. The topological polar surface area (TPSA) is 17.1 Å². The second-order valence-corrected chi connectivity index (χ2v) is 6.70. The average Bonchev–Trinajstić information content (AvgIpc) is 2.59. The highest BCUT2D eigenvalue weighted by Gasteiger charge is 2.00. The van der Waals surface area contributed by atoms with Crippen LogP contribution in [0.25, 0.3) is 0 Å². The molecule has 0 unspecified atom stereocenters. The Bertz CT molecular complexity index is 349. The number of hydrogen-bond donors (Lipinski definition) is 0. The predicted molar refractivity (Wildman–Crippen MR) is 108 cm³/mol. The number of Topliss-reactive ketones (excluding diaryl/α,β-unsaturated/α-hetero) is 1. The highest BCUT2D eigenvalue weighted by atomic mass is 16.1. The van der Waals surface area contributed by atoms with Crippen LogP contribution in [-0.2, 0) is 4.79 Å². The van der Waals surface area contributed by atoms with Crippen LogP contribution >= 0.6 is 0 Å². The van der Waals surface area contributed by atoms with E-state index in [1.807, 2.05) is 37.3 Å². The second kappa shape index (κ2) is 19.9. The van der Waals surface area contributed by atoms with E-state index >= 15 is 0 Å². The van der Waals surface area contributed by atoms with Crippen molar-refractivity contribution in [2.45, 2.75) is 104 Å². The Kier molecular flexibility index (Phi) is 19.0. The van der Waals surface area contributed by atoms with Gasteiger partial charge in [-0.25, -0.2) is 0 Å². The fraction of sp³-hybridized carbons (Fsp3) is 0.696. The number of rotatable bonds is 17. The first-order valence-electron chi connectivity index (χ1n) is 10.3. The fourth-order valence-electron chi connectivity index (χ4n) is 2.77. The number of carbonyl (C=O) groups is 1. The van der Waals surface area contributed by atoms with Gasteiger partial charge in [-0.1, -0.05) is 108 Å². The standard InChI is InChI=1S/C23H40O/c1-3-5-7-9-11-12-13-14-16-18-20-22-23(24)21-19-17-15-10-8-6-4-2/h4,6,8,10,15,17H,3,5,7,9,11-14,16,18-22H2,1-2H3. The van der Waals surface area contributed by atoms with Crippen LogP contribution in [0.2, 0.25) is 0 Å². The van der Waals surface area contributed by atoms with E-state index in [4.69, 9.17) is 0 Å². The SMILES string of the molecule is CC=CC=CC=CCCC(=O)CCCCCCCCCCCCC. The minimum absolute atomic E-state index is 0.424. The van der Waals surface area contributed by atoms with Gasteiger partial charge in [0.15, 0.2) is 0 Å². The van der Waals surface area contributed by atoms with Crippen molar-refractivity contribution < 1.29 is 4.79 Å². The van der Waals surface area contributed by atoms with E-state index in [1.165, 1.54) is 64.2 Å². The van der Waals surface area contributed by atoms with E-state index in [0.29, 0.717) is 12.2 Å². The summed E-state index contributed by atoms with van der Waals surface area (Å²) in [6, 6.07) is 0. The van der Waals surface area contributed by atoms with E-state index in [9.17, 15) is 4.79 Å². The smallest absolute Gasteiger partial charge is 0.133 e. The summed E-state index contributed by atoms with van der Waals surface area (Å²) < 4.78 is 0. The second-order valence-electron chi connectivity index (χ2n) is 6.70. The van der Waals surface area contributed by atoms with Crippen molar-refractivity contribution >= 4 is 5.78 Å². The van der Waals surface area contributed by atoms with Gasteiger partial charge < -0.3 is 0 Å². The molecule has 0 atom stereocenters. The van der Waals surface area contributed by atoms with Crippen LogP contribution < -0.4 is 0 Å². The first kappa shape index (κ1) is 22.9. The van der Waals surface area contributed by atoms with Crippen LogP contribution in [0.3, 0.4) is 0 Å². The molecule has 1 heteroatoms. The van der Waals surface area contributed by atoms with Crippen LogP contribution in [0.15, 0.2) is 36.5 Å². The lowest BCUT2D eigenvalue weighted by Gasteiger charge is -2.02. The van der Waals surface area contributed by atoms with Gasteiger partial charge in [0, 0.05) is 12.8 Å². The summed E-state index contributed by atoms with van der Waals surface area (Å²) in [7, 11) is 0. The predicted octanol–water partition coefficient (Wildman–Crippen LogP) is 7.73. The zero-order chi connectivity index (χ0) is 17.7. The Hall–Kier alpha value is -1.11. The summed E-state index contributed by atoms with van der Waals surface area (Å²) in [6.07, 6.45) is 29.2. The van der Waals surface area contributed by atoms with Crippen molar-refractivity contribution in [2.24, 2.45) is 0 Å². The molecule has 0 saturated heterocycles. The zero-order valence-corrected chi connectivity index (χ0v) is 16.3. The Morgan fingerprint density at radius 3 is 1.79 bits per heavy atom. The molecule has 0 spiro atoms. The fourth-order valence-corrected chi connectivity index (χ4v) is 2.77. The van der Waals surface area contributed by atoms with Gasteiger partial charge in [-0.3, -0.25) is 4.79 Å². The average molecular weight is 333 g/mol. The van der Waals surface area contributed by atoms with Gasteiger partial charge in [0.2, 0.25) is 0 Å². The molecular formula is C23H40O. The molecule has 138 valence electrons. The lowest BCUT2D eigenvalue weighted by molar-refractivity contribution is -0.119. The van der Waals surface area contributed by atoms with E-state index in [1.54, 1.807) is 0 Å². The first-order valence-corrected chi connectivity index (χ1v) is 10.3. The molecule has 0 heterocycles. The number of carbonyl (C=O) groups excluding carboxylic acids is 1.